The molecule has 1 aromatic carbocycles. The lowest BCUT2D eigenvalue weighted by Gasteiger charge is -2.06. The summed E-state index contributed by atoms with van der Waals surface area (Å²) < 4.78 is 0. The zero-order chi connectivity index (χ0) is 11.1. The van der Waals surface area contributed by atoms with E-state index < -0.39 is 0 Å². The van der Waals surface area contributed by atoms with Crippen LogP contribution in [-0.4, -0.2) is 5.75 Å². The van der Waals surface area contributed by atoms with Gasteiger partial charge in [-0.1, -0.05) is 12.1 Å². The SMILES string of the molecule is CC#CCCSc1ccc(C(C)N)cc1. The Balaban J connectivity index is 2.45. The topological polar surface area (TPSA) is 26.0 Å². The molecule has 0 saturated heterocycles. The van der Waals surface area contributed by atoms with E-state index in [0.717, 1.165) is 12.2 Å². The molecule has 0 spiro atoms. The van der Waals surface area contributed by atoms with E-state index in [1.54, 1.807) is 0 Å². The first-order valence-corrected chi connectivity index (χ1v) is 6.10. The maximum atomic E-state index is 5.78. The Kier molecular flexibility index (Phi) is 5.31. The van der Waals surface area contributed by atoms with Crippen molar-refractivity contribution in [1.29, 1.82) is 0 Å². The molecular formula is C13H17NS. The van der Waals surface area contributed by atoms with Gasteiger partial charge in [-0.3, -0.25) is 0 Å². The molecule has 1 atom stereocenters. The maximum absolute atomic E-state index is 5.78. The summed E-state index contributed by atoms with van der Waals surface area (Å²) >= 11 is 1.84. The van der Waals surface area contributed by atoms with Gasteiger partial charge in [-0.2, -0.15) is 0 Å². The number of benzene rings is 1. The molecule has 1 aromatic rings. The second-order valence-corrected chi connectivity index (χ2v) is 4.55. The van der Waals surface area contributed by atoms with Gasteiger partial charge in [0.25, 0.3) is 0 Å². The molecule has 0 fully saturated rings. The normalized spacial score (nSPS) is 11.7. The lowest BCUT2D eigenvalue weighted by atomic mass is 10.1. The van der Waals surface area contributed by atoms with Gasteiger partial charge in [0.15, 0.2) is 0 Å². The molecule has 15 heavy (non-hydrogen) atoms. The molecule has 0 bridgehead atoms. The molecule has 0 aliphatic heterocycles. The molecule has 1 rings (SSSR count). The van der Waals surface area contributed by atoms with Crippen LogP contribution in [0.15, 0.2) is 29.2 Å². The van der Waals surface area contributed by atoms with Crippen LogP contribution in [0.2, 0.25) is 0 Å². The number of nitrogens with two attached hydrogens (primary N) is 1. The summed E-state index contributed by atoms with van der Waals surface area (Å²) in [5.41, 5.74) is 6.97. The standard InChI is InChI=1S/C13H17NS/c1-3-4-5-10-15-13-8-6-12(7-9-13)11(2)14/h6-9,11H,5,10,14H2,1-2H3. The smallest absolute Gasteiger partial charge is 0.0266 e. The summed E-state index contributed by atoms with van der Waals surface area (Å²) in [5, 5.41) is 0. The highest BCUT2D eigenvalue weighted by molar-refractivity contribution is 7.99. The van der Waals surface area contributed by atoms with Gasteiger partial charge in [0, 0.05) is 23.1 Å². The Bertz CT molecular complexity index is 343. The molecule has 80 valence electrons. The zero-order valence-corrected chi connectivity index (χ0v) is 10.1. The highest BCUT2D eigenvalue weighted by Crippen LogP contribution is 2.20. The number of rotatable bonds is 4. The number of hydrogen-bond donors (Lipinski definition) is 1. The van der Waals surface area contributed by atoms with E-state index in [1.807, 2.05) is 25.6 Å². The van der Waals surface area contributed by atoms with E-state index >= 15 is 0 Å². The Morgan fingerprint density at radius 2 is 2.00 bits per heavy atom. The van der Waals surface area contributed by atoms with E-state index in [-0.39, 0.29) is 6.04 Å². The molecule has 0 radical (unpaired) electrons. The Morgan fingerprint density at radius 1 is 1.33 bits per heavy atom. The fraction of sp³-hybridized carbons (Fsp3) is 0.385. The average Bonchev–Trinajstić information content (AvgIpc) is 2.25. The van der Waals surface area contributed by atoms with Crippen LogP contribution < -0.4 is 5.73 Å². The van der Waals surface area contributed by atoms with Crippen LogP contribution in [0.5, 0.6) is 0 Å². The summed E-state index contributed by atoms with van der Waals surface area (Å²) in [6.45, 7) is 3.88. The number of hydrogen-bond acceptors (Lipinski definition) is 2. The third-order valence-electron chi connectivity index (χ3n) is 2.08. The molecule has 0 aromatic heterocycles. The molecule has 0 aliphatic carbocycles. The van der Waals surface area contributed by atoms with Crippen molar-refractivity contribution in [2.45, 2.75) is 31.2 Å². The van der Waals surface area contributed by atoms with Crippen molar-refractivity contribution in [2.24, 2.45) is 5.73 Å². The summed E-state index contributed by atoms with van der Waals surface area (Å²) in [7, 11) is 0. The van der Waals surface area contributed by atoms with Gasteiger partial charge in [0.1, 0.15) is 0 Å². The van der Waals surface area contributed by atoms with Crippen LogP contribution in [0.1, 0.15) is 31.9 Å². The summed E-state index contributed by atoms with van der Waals surface area (Å²) in [5.74, 6) is 7.01. The van der Waals surface area contributed by atoms with Crippen molar-refractivity contribution in [3.8, 4) is 11.8 Å². The van der Waals surface area contributed by atoms with Crippen LogP contribution in [0.4, 0.5) is 0 Å². The number of thioether (sulfide) groups is 1. The van der Waals surface area contributed by atoms with Crippen LogP contribution >= 0.6 is 11.8 Å². The average molecular weight is 219 g/mol. The molecule has 0 saturated carbocycles. The highest BCUT2D eigenvalue weighted by atomic mass is 32.2. The predicted molar refractivity (Wildman–Crippen MR) is 67.8 cm³/mol. The molecule has 0 heterocycles. The molecule has 2 N–H and O–H groups in total. The quantitative estimate of drug-likeness (QED) is 0.478. The molecule has 1 nitrogen and oxygen atoms in total. The summed E-state index contributed by atoms with van der Waals surface area (Å²) in [6.07, 6.45) is 0.955. The van der Waals surface area contributed by atoms with Gasteiger partial charge in [0.2, 0.25) is 0 Å². The molecule has 0 aliphatic rings. The van der Waals surface area contributed by atoms with Crippen molar-refractivity contribution in [3.63, 3.8) is 0 Å². The first kappa shape index (κ1) is 12.2. The fourth-order valence-corrected chi connectivity index (χ4v) is 1.98. The maximum Gasteiger partial charge on any atom is 0.0266 e. The van der Waals surface area contributed by atoms with E-state index in [0.29, 0.717) is 0 Å². The molecule has 0 amide bonds. The third-order valence-corrected chi connectivity index (χ3v) is 3.09. The van der Waals surface area contributed by atoms with Gasteiger partial charge in [-0.15, -0.1) is 23.6 Å². The van der Waals surface area contributed by atoms with Crippen molar-refractivity contribution < 1.29 is 0 Å². The van der Waals surface area contributed by atoms with E-state index in [9.17, 15) is 0 Å². The van der Waals surface area contributed by atoms with Crippen molar-refractivity contribution >= 4 is 11.8 Å². The first-order chi connectivity index (χ1) is 7.24. The first-order valence-electron chi connectivity index (χ1n) is 5.12. The minimum atomic E-state index is 0.120. The molecule has 1 unspecified atom stereocenters. The molecular weight excluding hydrogens is 202 g/mol. The van der Waals surface area contributed by atoms with Crippen molar-refractivity contribution in [3.05, 3.63) is 29.8 Å². The minimum absolute atomic E-state index is 0.120. The largest absolute Gasteiger partial charge is 0.324 e. The Labute approximate surface area is 96.4 Å². The monoisotopic (exact) mass is 219 g/mol. The second kappa shape index (κ2) is 6.55. The Morgan fingerprint density at radius 3 is 2.53 bits per heavy atom. The zero-order valence-electron chi connectivity index (χ0n) is 9.29. The van der Waals surface area contributed by atoms with Crippen molar-refractivity contribution in [1.82, 2.24) is 0 Å². The lowest BCUT2D eigenvalue weighted by Crippen LogP contribution is -2.04. The molecule has 2 heteroatoms. The minimum Gasteiger partial charge on any atom is -0.324 e. The van der Waals surface area contributed by atoms with E-state index in [1.165, 1.54) is 10.5 Å². The van der Waals surface area contributed by atoms with E-state index in [4.69, 9.17) is 5.73 Å². The van der Waals surface area contributed by atoms with Crippen LogP contribution in [0.3, 0.4) is 0 Å². The summed E-state index contributed by atoms with van der Waals surface area (Å²) in [6, 6.07) is 8.57. The second-order valence-electron chi connectivity index (χ2n) is 3.38. The van der Waals surface area contributed by atoms with Crippen LogP contribution in [0.25, 0.3) is 0 Å². The fourth-order valence-electron chi connectivity index (χ4n) is 1.21. The lowest BCUT2D eigenvalue weighted by molar-refractivity contribution is 0.817. The summed E-state index contributed by atoms with van der Waals surface area (Å²) in [4.78, 5) is 1.29. The van der Waals surface area contributed by atoms with Gasteiger partial charge in [-0.05, 0) is 31.5 Å². The van der Waals surface area contributed by atoms with Crippen molar-refractivity contribution in [2.75, 3.05) is 5.75 Å². The highest BCUT2D eigenvalue weighted by Gasteiger charge is 1.98. The van der Waals surface area contributed by atoms with E-state index in [2.05, 4.69) is 36.1 Å². The van der Waals surface area contributed by atoms with Gasteiger partial charge in [0.05, 0.1) is 0 Å². The predicted octanol–water partition coefficient (Wildman–Crippen LogP) is 3.21. The van der Waals surface area contributed by atoms with Gasteiger partial charge >= 0.3 is 0 Å². The third kappa shape index (κ3) is 4.42. The van der Waals surface area contributed by atoms with Crippen LogP contribution in [0, 0.1) is 11.8 Å². The van der Waals surface area contributed by atoms with Crippen LogP contribution in [-0.2, 0) is 0 Å². The van der Waals surface area contributed by atoms with Gasteiger partial charge in [-0.25, -0.2) is 0 Å². The van der Waals surface area contributed by atoms with Gasteiger partial charge < -0.3 is 5.73 Å². The Hall–Kier alpha value is -0.910.